The van der Waals surface area contributed by atoms with Gasteiger partial charge >= 0.3 is 10.2 Å². The lowest BCUT2D eigenvalue weighted by Gasteiger charge is -2.31. The summed E-state index contributed by atoms with van der Waals surface area (Å²) in [6, 6.07) is 5.42. The highest BCUT2D eigenvalue weighted by molar-refractivity contribution is 9.11. The van der Waals surface area contributed by atoms with E-state index in [0.717, 1.165) is 12.8 Å². The van der Waals surface area contributed by atoms with E-state index in [1.165, 1.54) is 4.31 Å². The number of halogens is 2. The summed E-state index contributed by atoms with van der Waals surface area (Å²) in [6.07, 6.45) is 1.83. The maximum atomic E-state index is 12.5. The predicted octanol–water partition coefficient (Wildman–Crippen LogP) is 2.54. The standard InChI is InChI=1S/C12H17Br2N3O2S/c13-10-4-1-5-11(14)12(10)16-20(18,19)17-6-2-3-9(7-15)8-17/h1,4-5,9,16H,2-3,6-8,15H2. The Morgan fingerprint density at radius 3 is 2.60 bits per heavy atom. The van der Waals surface area contributed by atoms with Gasteiger partial charge in [-0.3, -0.25) is 4.72 Å². The molecule has 1 aliphatic heterocycles. The van der Waals surface area contributed by atoms with Crippen molar-refractivity contribution in [2.75, 3.05) is 24.4 Å². The summed E-state index contributed by atoms with van der Waals surface area (Å²) >= 11 is 6.71. The molecule has 1 aromatic carbocycles. The van der Waals surface area contributed by atoms with Crippen LogP contribution >= 0.6 is 31.9 Å². The van der Waals surface area contributed by atoms with E-state index in [1.807, 2.05) is 6.07 Å². The first-order chi connectivity index (χ1) is 9.44. The molecular formula is C12H17Br2N3O2S. The van der Waals surface area contributed by atoms with Crippen LogP contribution in [0.4, 0.5) is 5.69 Å². The Balaban J connectivity index is 2.19. The number of nitrogens with zero attached hydrogens (tertiary/aromatic N) is 1. The van der Waals surface area contributed by atoms with Crippen LogP contribution in [-0.4, -0.2) is 32.4 Å². The molecule has 1 unspecified atom stereocenters. The fraction of sp³-hybridized carbons (Fsp3) is 0.500. The van der Waals surface area contributed by atoms with Crippen molar-refractivity contribution in [2.45, 2.75) is 12.8 Å². The van der Waals surface area contributed by atoms with Crippen molar-refractivity contribution in [1.29, 1.82) is 0 Å². The maximum absolute atomic E-state index is 12.5. The molecule has 0 spiro atoms. The molecule has 1 fully saturated rings. The zero-order valence-electron chi connectivity index (χ0n) is 10.9. The predicted molar refractivity (Wildman–Crippen MR) is 87.7 cm³/mol. The lowest BCUT2D eigenvalue weighted by atomic mass is 10.0. The summed E-state index contributed by atoms with van der Waals surface area (Å²) in [6.45, 7) is 1.53. The highest BCUT2D eigenvalue weighted by Crippen LogP contribution is 2.32. The van der Waals surface area contributed by atoms with E-state index in [1.54, 1.807) is 12.1 Å². The molecule has 1 atom stereocenters. The van der Waals surface area contributed by atoms with Gasteiger partial charge in [0.2, 0.25) is 0 Å². The van der Waals surface area contributed by atoms with E-state index < -0.39 is 10.2 Å². The van der Waals surface area contributed by atoms with Crippen LogP contribution in [0.2, 0.25) is 0 Å². The molecule has 5 nitrogen and oxygen atoms in total. The van der Waals surface area contributed by atoms with E-state index >= 15 is 0 Å². The molecule has 1 aliphatic rings. The Morgan fingerprint density at radius 1 is 1.35 bits per heavy atom. The molecule has 20 heavy (non-hydrogen) atoms. The fourth-order valence-electron chi connectivity index (χ4n) is 2.23. The van der Waals surface area contributed by atoms with Gasteiger partial charge in [0.15, 0.2) is 0 Å². The summed E-state index contributed by atoms with van der Waals surface area (Å²) in [4.78, 5) is 0. The number of hydrogen-bond acceptors (Lipinski definition) is 3. The van der Waals surface area contributed by atoms with Crippen LogP contribution in [0.25, 0.3) is 0 Å². The lowest BCUT2D eigenvalue weighted by molar-refractivity contribution is 0.273. The molecule has 8 heteroatoms. The van der Waals surface area contributed by atoms with Crippen molar-refractivity contribution in [3.8, 4) is 0 Å². The van der Waals surface area contributed by atoms with Crippen molar-refractivity contribution in [3.05, 3.63) is 27.1 Å². The Labute approximate surface area is 136 Å². The Hall–Kier alpha value is -0.150. The third-order valence-corrected chi connectivity index (χ3v) is 6.14. The third kappa shape index (κ3) is 3.73. The largest absolute Gasteiger partial charge is 0.330 e. The Kier molecular flexibility index (Phi) is 5.47. The van der Waals surface area contributed by atoms with Crippen LogP contribution in [0.3, 0.4) is 0 Å². The van der Waals surface area contributed by atoms with E-state index in [-0.39, 0.29) is 5.92 Å². The van der Waals surface area contributed by atoms with Crippen LogP contribution < -0.4 is 10.5 Å². The van der Waals surface area contributed by atoms with Crippen molar-refractivity contribution >= 4 is 47.8 Å². The minimum absolute atomic E-state index is 0.239. The van der Waals surface area contributed by atoms with Gasteiger partial charge in [-0.25, -0.2) is 0 Å². The second-order valence-corrected chi connectivity index (χ2v) is 8.19. The molecule has 1 aromatic rings. The number of nitrogens with two attached hydrogens (primary N) is 1. The molecule has 0 aromatic heterocycles. The summed E-state index contributed by atoms with van der Waals surface area (Å²) in [7, 11) is -3.56. The number of nitrogens with one attached hydrogen (secondary N) is 1. The summed E-state index contributed by atoms with van der Waals surface area (Å²) in [5.41, 5.74) is 6.17. The Morgan fingerprint density at radius 2 is 2.00 bits per heavy atom. The average Bonchev–Trinajstić information content (AvgIpc) is 2.43. The van der Waals surface area contributed by atoms with E-state index in [0.29, 0.717) is 34.3 Å². The Bertz CT molecular complexity index is 560. The van der Waals surface area contributed by atoms with Gasteiger partial charge in [0, 0.05) is 22.0 Å². The number of benzene rings is 1. The van der Waals surface area contributed by atoms with Crippen LogP contribution in [0, 0.1) is 5.92 Å². The number of hydrogen-bond donors (Lipinski definition) is 2. The molecule has 0 saturated carbocycles. The number of para-hydroxylation sites is 1. The first kappa shape index (κ1) is 16.2. The lowest BCUT2D eigenvalue weighted by Crippen LogP contribution is -2.44. The number of anilines is 1. The smallest absolute Gasteiger partial charge is 0.301 e. The van der Waals surface area contributed by atoms with Crippen LogP contribution in [0.5, 0.6) is 0 Å². The zero-order valence-corrected chi connectivity index (χ0v) is 14.8. The van der Waals surface area contributed by atoms with Gasteiger partial charge in [-0.2, -0.15) is 12.7 Å². The normalized spacial score (nSPS) is 20.9. The molecule has 0 aliphatic carbocycles. The summed E-state index contributed by atoms with van der Waals surface area (Å²) in [5.74, 6) is 0.239. The highest BCUT2D eigenvalue weighted by atomic mass is 79.9. The van der Waals surface area contributed by atoms with Crippen LogP contribution in [0.1, 0.15) is 12.8 Å². The van der Waals surface area contributed by atoms with Gasteiger partial charge in [-0.15, -0.1) is 0 Å². The highest BCUT2D eigenvalue weighted by Gasteiger charge is 2.29. The molecule has 112 valence electrons. The molecule has 0 amide bonds. The fourth-order valence-corrected chi connectivity index (χ4v) is 5.07. The number of piperidine rings is 1. The van der Waals surface area contributed by atoms with Gasteiger partial charge in [0.05, 0.1) is 5.69 Å². The topological polar surface area (TPSA) is 75.4 Å². The molecule has 2 rings (SSSR count). The first-order valence-electron chi connectivity index (χ1n) is 6.36. The first-order valence-corrected chi connectivity index (χ1v) is 9.38. The van der Waals surface area contributed by atoms with Crippen molar-refractivity contribution < 1.29 is 8.42 Å². The summed E-state index contributed by atoms with van der Waals surface area (Å²) < 4.78 is 30.4. The van der Waals surface area contributed by atoms with Crippen LogP contribution in [-0.2, 0) is 10.2 Å². The number of rotatable bonds is 4. The average molecular weight is 427 g/mol. The zero-order chi connectivity index (χ0) is 14.8. The maximum Gasteiger partial charge on any atom is 0.301 e. The second kappa shape index (κ2) is 6.74. The van der Waals surface area contributed by atoms with Crippen LogP contribution in [0.15, 0.2) is 27.1 Å². The minimum Gasteiger partial charge on any atom is -0.330 e. The van der Waals surface area contributed by atoms with Gasteiger partial charge in [-0.1, -0.05) is 6.07 Å². The quantitative estimate of drug-likeness (QED) is 0.776. The van der Waals surface area contributed by atoms with E-state index in [2.05, 4.69) is 36.6 Å². The van der Waals surface area contributed by atoms with Gasteiger partial charge in [0.25, 0.3) is 0 Å². The minimum atomic E-state index is -3.56. The molecule has 0 radical (unpaired) electrons. The molecule has 1 heterocycles. The van der Waals surface area contributed by atoms with Crippen molar-refractivity contribution in [3.63, 3.8) is 0 Å². The molecular weight excluding hydrogens is 410 g/mol. The molecule has 0 bridgehead atoms. The third-order valence-electron chi connectivity index (χ3n) is 3.35. The van der Waals surface area contributed by atoms with Crippen molar-refractivity contribution in [2.24, 2.45) is 11.7 Å². The van der Waals surface area contributed by atoms with E-state index in [4.69, 9.17) is 5.73 Å². The SMILES string of the molecule is NCC1CCCN(S(=O)(=O)Nc2c(Br)cccc2Br)C1. The van der Waals surface area contributed by atoms with E-state index in [9.17, 15) is 8.42 Å². The monoisotopic (exact) mass is 425 g/mol. The van der Waals surface area contributed by atoms with Gasteiger partial charge < -0.3 is 5.73 Å². The van der Waals surface area contributed by atoms with Crippen molar-refractivity contribution in [1.82, 2.24) is 4.31 Å². The van der Waals surface area contributed by atoms with Gasteiger partial charge in [-0.05, 0) is 69.3 Å². The summed E-state index contributed by atoms with van der Waals surface area (Å²) in [5, 5.41) is 0. The van der Waals surface area contributed by atoms with Gasteiger partial charge in [0.1, 0.15) is 0 Å². The molecule has 3 N–H and O–H groups in total. The second-order valence-electron chi connectivity index (χ2n) is 4.81. The molecule has 1 saturated heterocycles.